The Kier molecular flexibility index (Phi) is 4.06. The molecule has 0 bridgehead atoms. The molecule has 0 fully saturated rings. The zero-order valence-corrected chi connectivity index (χ0v) is 13.2. The van der Waals surface area contributed by atoms with Gasteiger partial charge in [-0.25, -0.2) is 4.98 Å². The number of phenols is 1. The van der Waals surface area contributed by atoms with Gasteiger partial charge in [0.2, 0.25) is 0 Å². The molecule has 1 atom stereocenters. The van der Waals surface area contributed by atoms with Crippen LogP contribution in [0.25, 0.3) is 10.9 Å². The third kappa shape index (κ3) is 3.06. The molecule has 3 aromatic rings. The Morgan fingerprint density at radius 1 is 1.22 bits per heavy atom. The second kappa shape index (κ2) is 6.16. The molecule has 116 valence electrons. The van der Waals surface area contributed by atoms with Crippen LogP contribution in [-0.2, 0) is 4.79 Å². The zero-order chi connectivity index (χ0) is 16.4. The second-order valence-corrected chi connectivity index (χ2v) is 5.77. The predicted molar refractivity (Wildman–Crippen MR) is 89.5 cm³/mol. The molecule has 1 aromatic carbocycles. The summed E-state index contributed by atoms with van der Waals surface area (Å²) in [6, 6.07) is 11.4. The average Bonchev–Trinajstić information content (AvgIpc) is 2.55. The Bertz CT molecular complexity index is 860. The van der Waals surface area contributed by atoms with Gasteiger partial charge in [0.05, 0.1) is 0 Å². The van der Waals surface area contributed by atoms with Crippen molar-refractivity contribution in [1.29, 1.82) is 0 Å². The van der Waals surface area contributed by atoms with Crippen molar-refractivity contribution in [2.45, 2.75) is 26.2 Å². The molecule has 3 rings (SSSR count). The number of aromatic nitrogens is 2. The summed E-state index contributed by atoms with van der Waals surface area (Å²) in [4.78, 5) is 20.3. The number of carbonyl (C=O) groups excluding carboxylic acids is 1. The first-order chi connectivity index (χ1) is 11.1. The fraction of sp³-hybridized carbons (Fsp3) is 0.211. The number of carbonyl (C=O) groups is 1. The number of hydrogen-bond acceptors (Lipinski definition) is 4. The van der Waals surface area contributed by atoms with Crippen molar-refractivity contribution in [2.75, 3.05) is 0 Å². The number of aryl methyl sites for hydroxylation is 1. The van der Waals surface area contributed by atoms with E-state index in [1.54, 1.807) is 19.3 Å². The molecule has 1 N–H and O–H groups in total. The summed E-state index contributed by atoms with van der Waals surface area (Å²) in [5, 5.41) is 11.6. The molecule has 2 heterocycles. The average molecular weight is 306 g/mol. The number of pyridine rings is 2. The summed E-state index contributed by atoms with van der Waals surface area (Å²) >= 11 is 0. The summed E-state index contributed by atoms with van der Waals surface area (Å²) in [5.74, 6) is -0.0234. The second-order valence-electron chi connectivity index (χ2n) is 5.77. The molecule has 0 saturated heterocycles. The number of phenolic OH excluding ortho intramolecular Hbond substituents is 1. The van der Waals surface area contributed by atoms with Gasteiger partial charge in [0.1, 0.15) is 17.0 Å². The Morgan fingerprint density at radius 3 is 2.70 bits per heavy atom. The molecule has 0 radical (unpaired) electrons. The van der Waals surface area contributed by atoms with Crippen molar-refractivity contribution < 1.29 is 9.90 Å². The zero-order valence-electron chi connectivity index (χ0n) is 13.2. The summed E-state index contributed by atoms with van der Waals surface area (Å²) in [6.07, 6.45) is 3.75. The highest BCUT2D eigenvalue weighted by molar-refractivity contribution is 5.86. The number of Topliss-reactive ketones (excluding diaryl/α,β-unsaturated/α-hetero) is 1. The highest BCUT2D eigenvalue weighted by atomic mass is 16.3. The molecule has 23 heavy (non-hydrogen) atoms. The van der Waals surface area contributed by atoms with Gasteiger partial charge >= 0.3 is 0 Å². The van der Waals surface area contributed by atoms with Crippen LogP contribution in [0, 0.1) is 6.92 Å². The molecule has 4 heteroatoms. The van der Waals surface area contributed by atoms with Crippen molar-refractivity contribution in [2.24, 2.45) is 0 Å². The molecule has 0 amide bonds. The largest absolute Gasteiger partial charge is 0.505 e. The van der Waals surface area contributed by atoms with Crippen molar-refractivity contribution >= 4 is 16.7 Å². The normalized spacial score (nSPS) is 12.3. The van der Waals surface area contributed by atoms with Crippen LogP contribution >= 0.6 is 0 Å². The summed E-state index contributed by atoms with van der Waals surface area (Å²) in [6.45, 7) is 3.45. The molecular weight excluding hydrogens is 288 g/mol. The number of fused-ring (bicyclic) bond motifs is 1. The Balaban J connectivity index is 2.18. The third-order valence-electron chi connectivity index (χ3n) is 3.96. The van der Waals surface area contributed by atoms with Gasteiger partial charge in [0, 0.05) is 41.4 Å². The number of aromatic hydroxyl groups is 1. The first kappa shape index (κ1) is 15.2. The van der Waals surface area contributed by atoms with Crippen LogP contribution in [0.3, 0.4) is 0 Å². The van der Waals surface area contributed by atoms with Crippen molar-refractivity contribution in [3.8, 4) is 5.75 Å². The minimum atomic E-state index is -0.229. The lowest BCUT2D eigenvalue weighted by atomic mass is 9.87. The molecule has 0 saturated carbocycles. The van der Waals surface area contributed by atoms with Crippen molar-refractivity contribution in [1.82, 2.24) is 9.97 Å². The Labute approximate surface area is 134 Å². The SMILES string of the molecule is CC(=O)CC(c1cccnc1)c1ccc2ccc(C)nc2c1O. The van der Waals surface area contributed by atoms with Gasteiger partial charge < -0.3 is 5.11 Å². The number of hydrogen-bond donors (Lipinski definition) is 1. The maximum absolute atomic E-state index is 11.7. The van der Waals surface area contributed by atoms with E-state index >= 15 is 0 Å². The van der Waals surface area contributed by atoms with Crippen LogP contribution in [-0.4, -0.2) is 20.9 Å². The molecular formula is C19H18N2O2. The minimum absolute atomic E-state index is 0.0653. The van der Waals surface area contributed by atoms with E-state index < -0.39 is 0 Å². The Morgan fingerprint density at radius 2 is 2.00 bits per heavy atom. The molecule has 2 aromatic heterocycles. The van der Waals surface area contributed by atoms with Gasteiger partial charge in [-0.05, 0) is 31.5 Å². The first-order valence-electron chi connectivity index (χ1n) is 7.55. The maximum Gasteiger partial charge on any atom is 0.145 e. The Hall–Kier alpha value is -2.75. The lowest BCUT2D eigenvalue weighted by molar-refractivity contribution is -0.117. The highest BCUT2D eigenvalue weighted by Crippen LogP contribution is 2.37. The van der Waals surface area contributed by atoms with Gasteiger partial charge in [-0.3, -0.25) is 9.78 Å². The number of nitrogens with zero attached hydrogens (tertiary/aromatic N) is 2. The van der Waals surface area contributed by atoms with E-state index in [1.165, 1.54) is 0 Å². The lowest BCUT2D eigenvalue weighted by Gasteiger charge is -2.18. The fourth-order valence-electron chi connectivity index (χ4n) is 2.84. The summed E-state index contributed by atoms with van der Waals surface area (Å²) in [7, 11) is 0. The maximum atomic E-state index is 11.7. The van der Waals surface area contributed by atoms with E-state index in [4.69, 9.17) is 0 Å². The van der Waals surface area contributed by atoms with Gasteiger partial charge in [-0.2, -0.15) is 0 Å². The van der Waals surface area contributed by atoms with E-state index in [0.29, 0.717) is 17.5 Å². The quantitative estimate of drug-likeness (QED) is 0.797. The molecule has 0 aliphatic heterocycles. The number of ketones is 1. The fourth-order valence-corrected chi connectivity index (χ4v) is 2.84. The van der Waals surface area contributed by atoms with Gasteiger partial charge in [0.15, 0.2) is 0 Å². The highest BCUT2D eigenvalue weighted by Gasteiger charge is 2.21. The molecule has 0 aliphatic carbocycles. The van der Waals surface area contributed by atoms with E-state index in [2.05, 4.69) is 9.97 Å². The van der Waals surface area contributed by atoms with E-state index in [9.17, 15) is 9.90 Å². The van der Waals surface area contributed by atoms with E-state index in [-0.39, 0.29) is 17.5 Å². The topological polar surface area (TPSA) is 63.1 Å². The van der Waals surface area contributed by atoms with Crippen LogP contribution in [0.4, 0.5) is 0 Å². The number of benzene rings is 1. The van der Waals surface area contributed by atoms with Gasteiger partial charge in [-0.1, -0.05) is 24.3 Å². The van der Waals surface area contributed by atoms with Crippen LogP contribution in [0.1, 0.15) is 36.1 Å². The monoisotopic (exact) mass is 306 g/mol. The molecule has 4 nitrogen and oxygen atoms in total. The molecule has 0 aliphatic rings. The van der Waals surface area contributed by atoms with Gasteiger partial charge in [0.25, 0.3) is 0 Å². The van der Waals surface area contributed by atoms with Crippen molar-refractivity contribution in [3.63, 3.8) is 0 Å². The van der Waals surface area contributed by atoms with Crippen LogP contribution in [0.5, 0.6) is 5.75 Å². The van der Waals surface area contributed by atoms with Crippen LogP contribution < -0.4 is 0 Å². The smallest absolute Gasteiger partial charge is 0.145 e. The van der Waals surface area contributed by atoms with Crippen LogP contribution in [0.2, 0.25) is 0 Å². The number of rotatable bonds is 4. The third-order valence-corrected chi connectivity index (χ3v) is 3.96. The molecule has 0 spiro atoms. The van der Waals surface area contributed by atoms with E-state index in [1.807, 2.05) is 43.3 Å². The summed E-state index contributed by atoms with van der Waals surface area (Å²) < 4.78 is 0. The summed E-state index contributed by atoms with van der Waals surface area (Å²) in [5.41, 5.74) is 3.03. The minimum Gasteiger partial charge on any atom is -0.505 e. The van der Waals surface area contributed by atoms with Crippen molar-refractivity contribution in [3.05, 3.63) is 65.6 Å². The molecule has 1 unspecified atom stereocenters. The van der Waals surface area contributed by atoms with E-state index in [0.717, 1.165) is 16.6 Å². The van der Waals surface area contributed by atoms with Gasteiger partial charge in [-0.15, -0.1) is 0 Å². The van der Waals surface area contributed by atoms with Crippen LogP contribution in [0.15, 0.2) is 48.8 Å². The first-order valence-corrected chi connectivity index (χ1v) is 7.55. The predicted octanol–water partition coefficient (Wildman–Crippen LogP) is 3.75. The standard InChI is InChI=1S/C19H18N2O2/c1-12-5-6-14-7-8-16(19(23)18(14)21-12)17(10-13(2)22)15-4-3-9-20-11-15/h3-9,11,17,23H,10H2,1-2H3. The lowest BCUT2D eigenvalue weighted by Crippen LogP contribution is -2.07.